The molecule has 0 N–H and O–H groups in total. The van der Waals surface area contributed by atoms with E-state index in [9.17, 15) is 0 Å². The van der Waals surface area contributed by atoms with E-state index < -0.39 is 9.04 Å². The molecule has 0 heterocycles. The third-order valence-corrected chi connectivity index (χ3v) is 1.99. The maximum atomic E-state index is 5.45. The van der Waals surface area contributed by atoms with Crippen molar-refractivity contribution in [2.24, 2.45) is 0 Å². The molecule has 0 spiro atoms. The molecule has 0 saturated carbocycles. The molecule has 0 radical (unpaired) electrons. The van der Waals surface area contributed by atoms with Gasteiger partial charge in [0.1, 0.15) is 0 Å². The van der Waals surface area contributed by atoms with Crippen LogP contribution in [0.3, 0.4) is 0 Å². The van der Waals surface area contributed by atoms with E-state index in [1.165, 1.54) is 0 Å². The molecule has 0 aromatic rings. The zero-order valence-electron chi connectivity index (χ0n) is 7.22. The monoisotopic (exact) mass is 162 g/mol. The van der Waals surface area contributed by atoms with E-state index in [-0.39, 0.29) is 0 Å². The number of rotatable bonds is 6. The summed E-state index contributed by atoms with van der Waals surface area (Å²) >= 11 is 0. The molecule has 10 heavy (non-hydrogen) atoms. The zero-order valence-corrected chi connectivity index (χ0v) is 8.38. The van der Waals surface area contributed by atoms with Crippen molar-refractivity contribution in [3.8, 4) is 0 Å². The Hall–Kier alpha value is 0.137. The minimum atomic E-state index is -0.778. The molecular formula is C7H18O2Si. The minimum Gasteiger partial charge on any atom is -0.420 e. The first-order chi connectivity index (χ1) is 4.77. The van der Waals surface area contributed by atoms with Crippen LogP contribution in [0.25, 0.3) is 0 Å². The van der Waals surface area contributed by atoms with Crippen LogP contribution in [0.2, 0.25) is 13.1 Å². The van der Waals surface area contributed by atoms with Crippen LogP contribution in [0.5, 0.6) is 0 Å². The number of hydrogen-bond acceptors (Lipinski definition) is 2. The highest BCUT2D eigenvalue weighted by atomic mass is 28.3. The normalized spacial score (nSPS) is 10.8. The lowest BCUT2D eigenvalue weighted by Gasteiger charge is -2.05. The van der Waals surface area contributed by atoms with Crippen LogP contribution in [0.1, 0.15) is 13.3 Å². The maximum Gasteiger partial charge on any atom is 0.170 e. The molecule has 0 saturated heterocycles. The molecule has 0 aromatic carbocycles. The van der Waals surface area contributed by atoms with Crippen molar-refractivity contribution in [1.29, 1.82) is 0 Å². The van der Waals surface area contributed by atoms with Crippen molar-refractivity contribution in [2.45, 2.75) is 26.4 Å². The lowest BCUT2D eigenvalue weighted by molar-refractivity contribution is 0.131. The van der Waals surface area contributed by atoms with Gasteiger partial charge in [0, 0.05) is 19.8 Å². The molecule has 0 unspecified atom stereocenters. The fourth-order valence-corrected chi connectivity index (χ4v) is 1.26. The average Bonchev–Trinajstić information content (AvgIpc) is 1.87. The molecule has 62 valence electrons. The van der Waals surface area contributed by atoms with E-state index >= 15 is 0 Å². The second kappa shape index (κ2) is 7.25. The fraction of sp³-hybridized carbons (Fsp3) is 1.00. The first-order valence-corrected chi connectivity index (χ1v) is 6.74. The van der Waals surface area contributed by atoms with Crippen LogP contribution in [-0.4, -0.2) is 28.9 Å². The second-order valence-corrected chi connectivity index (χ2v) is 4.90. The first-order valence-electron chi connectivity index (χ1n) is 3.96. The van der Waals surface area contributed by atoms with Gasteiger partial charge in [-0.1, -0.05) is 0 Å². The van der Waals surface area contributed by atoms with Crippen LogP contribution >= 0.6 is 0 Å². The van der Waals surface area contributed by atoms with Gasteiger partial charge in [0.25, 0.3) is 0 Å². The molecule has 0 bridgehead atoms. The molecule has 0 aliphatic heterocycles. The van der Waals surface area contributed by atoms with Crippen molar-refractivity contribution in [3.63, 3.8) is 0 Å². The van der Waals surface area contributed by atoms with E-state index in [0.717, 1.165) is 26.2 Å². The predicted molar refractivity (Wildman–Crippen MR) is 45.9 cm³/mol. The Kier molecular flexibility index (Phi) is 7.35. The highest BCUT2D eigenvalue weighted by Crippen LogP contribution is 1.88. The van der Waals surface area contributed by atoms with Gasteiger partial charge in [-0.2, -0.15) is 0 Å². The summed E-state index contributed by atoms with van der Waals surface area (Å²) < 4.78 is 10.6. The SMILES string of the molecule is CCOCCCO[SiH](C)C. The Morgan fingerprint density at radius 2 is 1.90 bits per heavy atom. The predicted octanol–water partition coefficient (Wildman–Crippen LogP) is 1.41. The van der Waals surface area contributed by atoms with Gasteiger partial charge in [-0.15, -0.1) is 0 Å². The Bertz CT molecular complexity index is 66.6. The van der Waals surface area contributed by atoms with Crippen LogP contribution in [0, 0.1) is 0 Å². The van der Waals surface area contributed by atoms with Crippen molar-refractivity contribution >= 4 is 9.04 Å². The second-order valence-electron chi connectivity index (χ2n) is 2.47. The molecule has 0 atom stereocenters. The smallest absolute Gasteiger partial charge is 0.170 e. The van der Waals surface area contributed by atoms with Crippen molar-refractivity contribution in [3.05, 3.63) is 0 Å². The van der Waals surface area contributed by atoms with Gasteiger partial charge in [-0.05, 0) is 26.4 Å². The van der Waals surface area contributed by atoms with Gasteiger partial charge in [0.2, 0.25) is 0 Å². The largest absolute Gasteiger partial charge is 0.420 e. The summed E-state index contributed by atoms with van der Waals surface area (Å²) in [5.41, 5.74) is 0. The fourth-order valence-electron chi connectivity index (χ4n) is 0.624. The third kappa shape index (κ3) is 8.14. The average molecular weight is 162 g/mol. The molecule has 0 aromatic heterocycles. The summed E-state index contributed by atoms with van der Waals surface area (Å²) in [7, 11) is -0.778. The van der Waals surface area contributed by atoms with E-state index in [4.69, 9.17) is 9.16 Å². The van der Waals surface area contributed by atoms with Gasteiger partial charge in [0.15, 0.2) is 9.04 Å². The number of hydrogen-bond donors (Lipinski definition) is 0. The molecule has 3 heteroatoms. The Morgan fingerprint density at radius 3 is 2.40 bits per heavy atom. The van der Waals surface area contributed by atoms with E-state index in [1.54, 1.807) is 0 Å². The summed E-state index contributed by atoms with van der Waals surface area (Å²) in [6.45, 7) is 8.92. The van der Waals surface area contributed by atoms with Crippen LogP contribution in [0.4, 0.5) is 0 Å². The Labute approximate surface area is 65.3 Å². The molecule has 0 aliphatic rings. The summed E-state index contributed by atoms with van der Waals surface area (Å²) in [6.07, 6.45) is 1.04. The highest BCUT2D eigenvalue weighted by molar-refractivity contribution is 6.48. The first kappa shape index (κ1) is 10.1. The quantitative estimate of drug-likeness (QED) is 0.434. The zero-order chi connectivity index (χ0) is 7.82. The molecule has 2 nitrogen and oxygen atoms in total. The Balaban J connectivity index is 2.77. The molecular weight excluding hydrogens is 144 g/mol. The lowest BCUT2D eigenvalue weighted by atomic mass is 10.5. The summed E-state index contributed by atoms with van der Waals surface area (Å²) in [5, 5.41) is 0. The Morgan fingerprint density at radius 1 is 1.20 bits per heavy atom. The maximum absolute atomic E-state index is 5.45. The highest BCUT2D eigenvalue weighted by Gasteiger charge is 1.93. The van der Waals surface area contributed by atoms with Crippen molar-refractivity contribution in [2.75, 3.05) is 19.8 Å². The number of ether oxygens (including phenoxy) is 1. The van der Waals surface area contributed by atoms with Crippen molar-refractivity contribution in [1.82, 2.24) is 0 Å². The van der Waals surface area contributed by atoms with E-state index in [0.29, 0.717) is 0 Å². The van der Waals surface area contributed by atoms with Gasteiger partial charge in [-0.3, -0.25) is 0 Å². The molecule has 0 rings (SSSR count). The van der Waals surface area contributed by atoms with Crippen LogP contribution < -0.4 is 0 Å². The summed E-state index contributed by atoms with van der Waals surface area (Å²) in [5.74, 6) is 0. The summed E-state index contributed by atoms with van der Waals surface area (Å²) in [6, 6.07) is 0. The van der Waals surface area contributed by atoms with E-state index in [2.05, 4.69) is 13.1 Å². The molecule has 0 fully saturated rings. The van der Waals surface area contributed by atoms with Gasteiger partial charge >= 0.3 is 0 Å². The van der Waals surface area contributed by atoms with Gasteiger partial charge in [-0.25, -0.2) is 0 Å². The van der Waals surface area contributed by atoms with E-state index in [1.807, 2.05) is 6.92 Å². The standard InChI is InChI=1S/C7H18O2Si/c1-4-8-6-5-7-9-10(2)3/h10H,4-7H2,1-3H3. The molecule has 0 aliphatic carbocycles. The molecule has 0 amide bonds. The van der Waals surface area contributed by atoms with Crippen LogP contribution in [0.15, 0.2) is 0 Å². The third-order valence-electron chi connectivity index (χ3n) is 1.09. The van der Waals surface area contributed by atoms with Gasteiger partial charge in [0.05, 0.1) is 0 Å². The minimum absolute atomic E-state index is 0.778. The van der Waals surface area contributed by atoms with Crippen LogP contribution in [-0.2, 0) is 9.16 Å². The van der Waals surface area contributed by atoms with Crippen molar-refractivity contribution < 1.29 is 9.16 Å². The lowest BCUT2D eigenvalue weighted by Crippen LogP contribution is -2.10. The summed E-state index contributed by atoms with van der Waals surface area (Å²) in [4.78, 5) is 0. The topological polar surface area (TPSA) is 18.5 Å². The van der Waals surface area contributed by atoms with Gasteiger partial charge < -0.3 is 9.16 Å².